The Morgan fingerprint density at radius 2 is 2.23 bits per heavy atom. The minimum atomic E-state index is -0.825. The van der Waals surface area contributed by atoms with E-state index in [4.69, 9.17) is 5.11 Å². The lowest BCUT2D eigenvalue weighted by Crippen LogP contribution is -2.44. The fraction of sp³-hybridized carbons (Fsp3) is 0.667. The number of carbonyl (C=O) groups excluding carboxylic acids is 1. The first-order valence-electron chi connectivity index (χ1n) is 4.34. The number of rotatable bonds is 5. The van der Waals surface area contributed by atoms with Crippen LogP contribution >= 0.6 is 0 Å². The molecule has 0 aliphatic rings. The summed E-state index contributed by atoms with van der Waals surface area (Å²) >= 11 is 0. The number of hydrogen-bond acceptors (Lipinski definition) is 3. The number of carbonyl (C=O) groups is 1. The molecule has 0 saturated heterocycles. The van der Waals surface area contributed by atoms with Gasteiger partial charge in [-0.1, -0.05) is 19.1 Å². The van der Waals surface area contributed by atoms with Crippen LogP contribution in [0.4, 0.5) is 0 Å². The van der Waals surface area contributed by atoms with Crippen LogP contribution < -0.4 is 5.32 Å². The molecule has 4 heteroatoms. The van der Waals surface area contributed by atoms with Crippen molar-refractivity contribution >= 4 is 5.91 Å². The van der Waals surface area contributed by atoms with Crippen molar-refractivity contribution in [1.82, 2.24) is 5.32 Å². The largest absolute Gasteiger partial charge is 0.394 e. The first-order chi connectivity index (χ1) is 6.11. The first kappa shape index (κ1) is 12.1. The van der Waals surface area contributed by atoms with Gasteiger partial charge in [0.05, 0.1) is 18.8 Å². The van der Waals surface area contributed by atoms with Crippen LogP contribution in [0.25, 0.3) is 0 Å². The number of amides is 1. The molecule has 0 rings (SSSR count). The molecule has 2 atom stereocenters. The Morgan fingerprint density at radius 1 is 1.62 bits per heavy atom. The van der Waals surface area contributed by atoms with Gasteiger partial charge in [-0.15, -0.1) is 0 Å². The second-order valence-electron chi connectivity index (χ2n) is 2.82. The first-order valence-corrected chi connectivity index (χ1v) is 4.34. The summed E-state index contributed by atoms with van der Waals surface area (Å²) in [6.07, 6.45) is 3.34. The summed E-state index contributed by atoms with van der Waals surface area (Å²) in [5.41, 5.74) is 0. The lowest BCUT2D eigenvalue weighted by Gasteiger charge is -2.18. The Hall–Kier alpha value is -0.870. The van der Waals surface area contributed by atoms with Gasteiger partial charge in [0.15, 0.2) is 0 Å². The van der Waals surface area contributed by atoms with Crippen LogP contribution in [-0.2, 0) is 4.79 Å². The standard InChI is InChI=1S/C9H17NO3/c1-3-4-5-9(13)8(6-11)10-7(2)12/h4-5,8-9,11,13H,3,6H2,1-2H3,(H,10,12)/b5-4-/t8-,9-/m1/s1. The van der Waals surface area contributed by atoms with E-state index in [1.807, 2.05) is 6.92 Å². The normalized spacial score (nSPS) is 15.7. The van der Waals surface area contributed by atoms with Crippen molar-refractivity contribution in [3.63, 3.8) is 0 Å². The molecule has 0 aromatic carbocycles. The number of aliphatic hydroxyl groups is 2. The summed E-state index contributed by atoms with van der Waals surface area (Å²) in [7, 11) is 0. The molecule has 0 aliphatic heterocycles. The van der Waals surface area contributed by atoms with Gasteiger partial charge in [0, 0.05) is 6.92 Å². The Labute approximate surface area is 78.3 Å². The third kappa shape index (κ3) is 5.38. The van der Waals surface area contributed by atoms with Gasteiger partial charge >= 0.3 is 0 Å². The van der Waals surface area contributed by atoms with Gasteiger partial charge in [-0.05, 0) is 6.42 Å². The predicted molar refractivity (Wildman–Crippen MR) is 50.1 cm³/mol. The Kier molecular flexibility index (Phi) is 6.18. The van der Waals surface area contributed by atoms with Gasteiger partial charge in [0.25, 0.3) is 0 Å². The molecule has 0 radical (unpaired) electrons. The molecule has 4 nitrogen and oxygen atoms in total. The second-order valence-corrected chi connectivity index (χ2v) is 2.82. The van der Waals surface area contributed by atoms with E-state index in [0.29, 0.717) is 0 Å². The molecule has 0 aromatic heterocycles. The fourth-order valence-electron chi connectivity index (χ4n) is 0.910. The highest BCUT2D eigenvalue weighted by Gasteiger charge is 2.15. The van der Waals surface area contributed by atoms with Crippen LogP contribution in [0.2, 0.25) is 0 Å². The van der Waals surface area contributed by atoms with Crippen LogP contribution in [-0.4, -0.2) is 34.9 Å². The molecule has 0 bridgehead atoms. The fourth-order valence-corrected chi connectivity index (χ4v) is 0.910. The maximum Gasteiger partial charge on any atom is 0.217 e. The third-order valence-electron chi connectivity index (χ3n) is 1.57. The van der Waals surface area contributed by atoms with Crippen molar-refractivity contribution in [3.8, 4) is 0 Å². The van der Waals surface area contributed by atoms with E-state index in [2.05, 4.69) is 5.32 Å². The van der Waals surface area contributed by atoms with Gasteiger partial charge in [-0.2, -0.15) is 0 Å². The van der Waals surface area contributed by atoms with Crippen molar-refractivity contribution in [1.29, 1.82) is 0 Å². The van der Waals surface area contributed by atoms with E-state index >= 15 is 0 Å². The van der Waals surface area contributed by atoms with Crippen molar-refractivity contribution in [3.05, 3.63) is 12.2 Å². The number of aliphatic hydroxyl groups excluding tert-OH is 2. The number of allylic oxidation sites excluding steroid dienone is 1. The van der Waals surface area contributed by atoms with Gasteiger partial charge in [0.2, 0.25) is 5.91 Å². The van der Waals surface area contributed by atoms with Crippen LogP contribution in [0.5, 0.6) is 0 Å². The lowest BCUT2D eigenvalue weighted by atomic mass is 10.1. The monoisotopic (exact) mass is 187 g/mol. The topological polar surface area (TPSA) is 69.6 Å². The van der Waals surface area contributed by atoms with Crippen molar-refractivity contribution in [2.45, 2.75) is 32.4 Å². The van der Waals surface area contributed by atoms with Crippen LogP contribution in [0.1, 0.15) is 20.3 Å². The van der Waals surface area contributed by atoms with Gasteiger partial charge in [-0.25, -0.2) is 0 Å². The zero-order chi connectivity index (χ0) is 10.3. The Bertz CT molecular complexity index is 180. The summed E-state index contributed by atoms with van der Waals surface area (Å²) in [5.74, 6) is -0.261. The Morgan fingerprint density at radius 3 is 2.62 bits per heavy atom. The maximum absolute atomic E-state index is 10.6. The predicted octanol–water partition coefficient (Wildman–Crippen LogP) is -0.190. The molecular weight excluding hydrogens is 170 g/mol. The molecule has 3 N–H and O–H groups in total. The second kappa shape index (κ2) is 6.62. The van der Waals surface area contributed by atoms with E-state index in [0.717, 1.165) is 6.42 Å². The molecule has 1 amide bonds. The minimum absolute atomic E-state index is 0.261. The molecule has 0 aliphatic carbocycles. The molecule has 13 heavy (non-hydrogen) atoms. The summed E-state index contributed by atoms with van der Waals surface area (Å²) in [5, 5.41) is 20.7. The van der Waals surface area contributed by atoms with E-state index in [1.54, 1.807) is 12.2 Å². The molecule has 0 fully saturated rings. The van der Waals surface area contributed by atoms with Crippen LogP contribution in [0.3, 0.4) is 0 Å². The van der Waals surface area contributed by atoms with Gasteiger partial charge in [-0.3, -0.25) is 4.79 Å². The molecular formula is C9H17NO3. The average molecular weight is 187 g/mol. The molecule has 0 spiro atoms. The summed E-state index contributed by atoms with van der Waals surface area (Å²) in [6.45, 7) is 3.02. The SMILES string of the molecule is CC/C=C\[C@@H](O)[C@@H](CO)NC(C)=O. The van der Waals surface area contributed by atoms with E-state index in [1.165, 1.54) is 6.92 Å². The highest BCUT2D eigenvalue weighted by atomic mass is 16.3. The van der Waals surface area contributed by atoms with Gasteiger partial charge in [0.1, 0.15) is 0 Å². The molecule has 0 aromatic rings. The molecule has 76 valence electrons. The third-order valence-corrected chi connectivity index (χ3v) is 1.57. The number of nitrogens with one attached hydrogen (secondary N) is 1. The molecule has 0 saturated carbocycles. The molecule has 0 unspecified atom stereocenters. The van der Waals surface area contributed by atoms with Gasteiger partial charge < -0.3 is 15.5 Å². The minimum Gasteiger partial charge on any atom is -0.394 e. The zero-order valence-electron chi connectivity index (χ0n) is 8.03. The van der Waals surface area contributed by atoms with Crippen molar-refractivity contribution in [2.24, 2.45) is 0 Å². The number of hydrogen-bond donors (Lipinski definition) is 3. The molecule has 0 heterocycles. The maximum atomic E-state index is 10.6. The van der Waals surface area contributed by atoms with Crippen molar-refractivity contribution in [2.75, 3.05) is 6.61 Å². The highest BCUT2D eigenvalue weighted by Crippen LogP contribution is 1.96. The summed E-state index contributed by atoms with van der Waals surface area (Å²) in [4.78, 5) is 10.6. The van der Waals surface area contributed by atoms with Crippen molar-refractivity contribution < 1.29 is 15.0 Å². The van der Waals surface area contributed by atoms with E-state index in [9.17, 15) is 9.90 Å². The lowest BCUT2D eigenvalue weighted by molar-refractivity contribution is -0.120. The van der Waals surface area contributed by atoms with E-state index < -0.39 is 12.1 Å². The smallest absolute Gasteiger partial charge is 0.217 e. The summed E-state index contributed by atoms with van der Waals surface area (Å²) in [6, 6.07) is -0.611. The average Bonchev–Trinajstić information content (AvgIpc) is 2.09. The van der Waals surface area contributed by atoms with E-state index in [-0.39, 0.29) is 12.5 Å². The summed E-state index contributed by atoms with van der Waals surface area (Å²) < 4.78 is 0. The quantitative estimate of drug-likeness (QED) is 0.522. The Balaban J connectivity index is 4.06. The highest BCUT2D eigenvalue weighted by molar-refractivity contribution is 5.73. The zero-order valence-corrected chi connectivity index (χ0v) is 8.03. The van der Waals surface area contributed by atoms with Crippen LogP contribution in [0, 0.1) is 0 Å². The van der Waals surface area contributed by atoms with Crippen LogP contribution in [0.15, 0.2) is 12.2 Å².